The Morgan fingerprint density at radius 1 is 1.08 bits per heavy atom. The Hall–Kier alpha value is -3.48. The lowest BCUT2D eigenvalue weighted by molar-refractivity contribution is -0.137. The van der Waals surface area contributed by atoms with Gasteiger partial charge in [0.15, 0.2) is 11.5 Å². The van der Waals surface area contributed by atoms with Crippen LogP contribution in [-0.2, 0) is 21.4 Å². The fourth-order valence-corrected chi connectivity index (χ4v) is 3.89. The third kappa shape index (κ3) is 6.75. The highest BCUT2D eigenvalue weighted by molar-refractivity contribution is 6.30. The molecule has 3 aromatic rings. The molecule has 0 fully saturated rings. The molecule has 1 aromatic carbocycles. The largest absolute Gasteiger partial charge is 0.481 e. The monoisotopic (exact) mass is 577 g/mol. The van der Waals surface area contributed by atoms with Crippen LogP contribution < -0.4 is 5.32 Å². The van der Waals surface area contributed by atoms with E-state index in [1.807, 2.05) is 0 Å². The number of benzene rings is 1. The summed E-state index contributed by atoms with van der Waals surface area (Å²) >= 11 is 5.70. The molecule has 0 radical (unpaired) electrons. The summed E-state index contributed by atoms with van der Waals surface area (Å²) in [6, 6.07) is 4.22. The number of nitrogens with zero attached hydrogens (tertiary/aromatic N) is 2. The minimum absolute atomic E-state index is 0.0751. The van der Waals surface area contributed by atoms with Crippen molar-refractivity contribution in [2.24, 2.45) is 5.41 Å². The average Bonchev–Trinajstić information content (AvgIpc) is 3.45. The number of carboxylic acid groups (broad SMARTS) is 1. The average molecular weight is 578 g/mol. The summed E-state index contributed by atoms with van der Waals surface area (Å²) in [4.78, 5) is 23.9. The fourth-order valence-electron chi connectivity index (χ4n) is 3.73. The quantitative estimate of drug-likeness (QED) is 0.242. The van der Waals surface area contributed by atoms with Gasteiger partial charge in [0.05, 0.1) is 16.9 Å². The SMILES string of the molecule is CC(F)(F)c1c([C@@H](CCC(=O)O)CC(=O)Nc2ccc(Cl)cc2F)noc1-c1cc(C(F)(F)C(C)(C)C)on1. The molecule has 2 aromatic heterocycles. The molecular formula is C25H25ClF5N3O5. The van der Waals surface area contributed by atoms with Gasteiger partial charge in [0.2, 0.25) is 11.7 Å². The summed E-state index contributed by atoms with van der Waals surface area (Å²) in [5.41, 5.74) is -3.67. The topological polar surface area (TPSA) is 118 Å². The highest BCUT2D eigenvalue weighted by Gasteiger charge is 2.49. The fraction of sp³-hybridized carbons (Fsp3) is 0.440. The zero-order valence-corrected chi connectivity index (χ0v) is 22.0. The maximum Gasteiger partial charge on any atom is 0.312 e. The summed E-state index contributed by atoms with van der Waals surface area (Å²) in [6.07, 6.45) is -1.44. The van der Waals surface area contributed by atoms with E-state index in [9.17, 15) is 31.5 Å². The first-order valence-corrected chi connectivity index (χ1v) is 12.0. The van der Waals surface area contributed by atoms with Crippen LogP contribution in [0.15, 0.2) is 33.3 Å². The van der Waals surface area contributed by atoms with Crippen molar-refractivity contribution < 1.29 is 45.7 Å². The predicted molar refractivity (Wildman–Crippen MR) is 129 cm³/mol. The molecule has 0 spiro atoms. The lowest BCUT2D eigenvalue weighted by Crippen LogP contribution is -2.30. The second kappa shape index (κ2) is 10.9. The standard InChI is InChI=1S/C25H25ClF5N3O5/c1-23(2,3)25(30,31)17-11-16(33-38-17)22-20(24(4,28)29)21(34-39-22)12(5-8-19(36)37)9-18(35)32-15-7-6-13(26)10-14(15)27/h6-7,10-12H,5,8-9H2,1-4H3,(H,32,35)(H,36,37)/t12-/m0/s1. The molecule has 0 saturated carbocycles. The van der Waals surface area contributed by atoms with Gasteiger partial charge in [-0.1, -0.05) is 42.7 Å². The third-order valence-corrected chi connectivity index (χ3v) is 6.12. The Kier molecular flexibility index (Phi) is 8.44. The van der Waals surface area contributed by atoms with Crippen molar-refractivity contribution in [2.75, 3.05) is 5.32 Å². The minimum atomic E-state index is -3.68. The molecule has 0 bridgehead atoms. The Balaban J connectivity index is 2.01. The molecule has 0 aliphatic rings. The number of anilines is 1. The number of nitrogens with one attached hydrogen (secondary N) is 1. The van der Waals surface area contributed by atoms with Crippen LogP contribution in [-0.4, -0.2) is 27.3 Å². The first kappa shape index (κ1) is 30.1. The molecule has 8 nitrogen and oxygen atoms in total. The second-order valence-corrected chi connectivity index (χ2v) is 10.5. The number of carbonyl (C=O) groups excluding carboxylic acids is 1. The first-order valence-electron chi connectivity index (χ1n) is 11.6. The summed E-state index contributed by atoms with van der Waals surface area (Å²) < 4.78 is 83.2. The van der Waals surface area contributed by atoms with Gasteiger partial charge in [0.1, 0.15) is 5.82 Å². The van der Waals surface area contributed by atoms with Gasteiger partial charge >= 0.3 is 11.9 Å². The number of hydrogen-bond acceptors (Lipinski definition) is 6. The minimum Gasteiger partial charge on any atom is -0.481 e. The molecule has 0 saturated heterocycles. The van der Waals surface area contributed by atoms with E-state index >= 15 is 0 Å². The van der Waals surface area contributed by atoms with Gasteiger partial charge < -0.3 is 19.5 Å². The lowest BCUT2D eigenvalue weighted by atomic mass is 9.86. The zero-order chi connectivity index (χ0) is 29.3. The van der Waals surface area contributed by atoms with Crippen LogP contribution in [0.2, 0.25) is 5.02 Å². The van der Waals surface area contributed by atoms with Crippen LogP contribution in [0.4, 0.5) is 27.6 Å². The number of carboxylic acids is 1. The molecule has 1 amide bonds. The van der Waals surface area contributed by atoms with Crippen LogP contribution in [0.1, 0.15) is 69.9 Å². The number of aliphatic carboxylic acids is 1. The molecule has 39 heavy (non-hydrogen) atoms. The number of halogens is 6. The van der Waals surface area contributed by atoms with Crippen molar-refractivity contribution in [1.82, 2.24) is 10.3 Å². The molecule has 2 heterocycles. The highest BCUT2D eigenvalue weighted by atomic mass is 35.5. The van der Waals surface area contributed by atoms with E-state index in [0.717, 1.165) is 12.1 Å². The van der Waals surface area contributed by atoms with Crippen molar-refractivity contribution >= 4 is 29.2 Å². The van der Waals surface area contributed by atoms with Gasteiger partial charge in [-0.3, -0.25) is 9.59 Å². The molecule has 3 rings (SSSR count). The van der Waals surface area contributed by atoms with E-state index in [1.165, 1.54) is 32.9 Å². The van der Waals surface area contributed by atoms with Crippen molar-refractivity contribution in [2.45, 2.75) is 64.7 Å². The van der Waals surface area contributed by atoms with Crippen molar-refractivity contribution in [1.29, 1.82) is 0 Å². The number of hydrogen-bond donors (Lipinski definition) is 2. The van der Waals surface area contributed by atoms with Crippen LogP contribution in [0, 0.1) is 11.2 Å². The maximum absolute atomic E-state index is 14.9. The number of rotatable bonds is 10. The Labute approximate surface area is 224 Å². The summed E-state index contributed by atoms with van der Waals surface area (Å²) in [5.74, 6) is -13.0. The molecular weight excluding hydrogens is 553 g/mol. The number of carbonyl (C=O) groups is 2. The maximum atomic E-state index is 14.9. The Bertz CT molecular complexity index is 1360. The summed E-state index contributed by atoms with van der Waals surface area (Å²) in [6.45, 7) is 4.25. The van der Waals surface area contributed by atoms with Crippen LogP contribution in [0.5, 0.6) is 0 Å². The van der Waals surface area contributed by atoms with Gasteiger partial charge in [-0.2, -0.15) is 8.78 Å². The van der Waals surface area contributed by atoms with Crippen LogP contribution >= 0.6 is 11.6 Å². The van der Waals surface area contributed by atoms with E-state index in [4.69, 9.17) is 25.8 Å². The molecule has 0 aliphatic carbocycles. The summed E-state index contributed by atoms with van der Waals surface area (Å²) in [7, 11) is 0. The number of alkyl halides is 4. The predicted octanol–water partition coefficient (Wildman–Crippen LogP) is 7.35. The van der Waals surface area contributed by atoms with Gasteiger partial charge in [0.25, 0.3) is 5.92 Å². The van der Waals surface area contributed by atoms with Gasteiger partial charge in [-0.15, -0.1) is 0 Å². The zero-order valence-electron chi connectivity index (χ0n) is 21.3. The van der Waals surface area contributed by atoms with E-state index < -0.39 is 82.2 Å². The van der Waals surface area contributed by atoms with E-state index in [-0.39, 0.29) is 17.1 Å². The molecule has 14 heteroatoms. The van der Waals surface area contributed by atoms with E-state index in [2.05, 4.69) is 15.6 Å². The first-order chi connectivity index (χ1) is 17.9. The molecule has 1 atom stereocenters. The summed E-state index contributed by atoms with van der Waals surface area (Å²) in [5, 5.41) is 18.6. The van der Waals surface area contributed by atoms with Crippen molar-refractivity contribution in [3.63, 3.8) is 0 Å². The molecule has 0 aliphatic heterocycles. The van der Waals surface area contributed by atoms with Crippen molar-refractivity contribution in [3.05, 3.63) is 52.1 Å². The van der Waals surface area contributed by atoms with E-state index in [1.54, 1.807) is 0 Å². The molecule has 212 valence electrons. The Morgan fingerprint density at radius 2 is 1.74 bits per heavy atom. The molecule has 0 unspecified atom stereocenters. The van der Waals surface area contributed by atoms with Crippen LogP contribution in [0.3, 0.4) is 0 Å². The third-order valence-electron chi connectivity index (χ3n) is 5.88. The van der Waals surface area contributed by atoms with Gasteiger partial charge in [0, 0.05) is 42.2 Å². The second-order valence-electron chi connectivity index (χ2n) is 10.1. The normalized spacial score (nSPS) is 13.4. The smallest absolute Gasteiger partial charge is 0.312 e. The van der Waals surface area contributed by atoms with E-state index in [0.29, 0.717) is 6.92 Å². The van der Waals surface area contributed by atoms with Crippen molar-refractivity contribution in [3.8, 4) is 11.5 Å². The number of amides is 1. The number of aromatic nitrogens is 2. The van der Waals surface area contributed by atoms with Gasteiger partial charge in [-0.05, 0) is 24.6 Å². The van der Waals surface area contributed by atoms with Crippen LogP contribution in [0.25, 0.3) is 11.5 Å². The lowest BCUT2D eigenvalue weighted by Gasteiger charge is -2.27. The Morgan fingerprint density at radius 3 is 2.31 bits per heavy atom. The van der Waals surface area contributed by atoms with Gasteiger partial charge in [-0.25, -0.2) is 13.2 Å². The highest BCUT2D eigenvalue weighted by Crippen LogP contribution is 2.47. The molecule has 2 N–H and O–H groups in total.